The number of aryl methyl sites for hydroxylation is 2. The molecule has 0 aliphatic carbocycles. The zero-order chi connectivity index (χ0) is 25.8. The molecule has 1 fully saturated rings. The smallest absolute Gasteiger partial charge is 0.376 e. The Hall–Kier alpha value is -4.23. The molecule has 3 aromatic heterocycles. The number of carbonyl (C=O) groups is 1. The van der Waals surface area contributed by atoms with Gasteiger partial charge in [-0.25, -0.2) is 19.7 Å². The number of benzene rings is 1. The van der Waals surface area contributed by atoms with E-state index in [1.807, 2.05) is 18.2 Å². The molecule has 10 nitrogen and oxygen atoms in total. The van der Waals surface area contributed by atoms with Gasteiger partial charge < -0.3 is 19.0 Å². The molecule has 0 atom stereocenters. The average Bonchev–Trinajstić information content (AvgIpc) is 3.52. The fourth-order valence-corrected chi connectivity index (χ4v) is 4.62. The standard InChI is InChI=1S/C27H29N7O3/c1-3-36-26(35)24-18(2)32-25(37-24)21-16-30-27(31-17-21)34-11-9-33(10-12-34)8-4-5-20-15-29-23-7-6-19(14-28)13-22(20)23/h6-7,13,15-17,29H,3-5,8-12H2,1-2H3. The van der Waals surface area contributed by atoms with Crippen molar-refractivity contribution in [3.63, 3.8) is 0 Å². The summed E-state index contributed by atoms with van der Waals surface area (Å²) < 4.78 is 10.6. The van der Waals surface area contributed by atoms with Crippen molar-refractivity contribution in [2.75, 3.05) is 44.2 Å². The first-order chi connectivity index (χ1) is 18.1. The van der Waals surface area contributed by atoms with Crippen molar-refractivity contribution in [3.8, 4) is 17.5 Å². The lowest BCUT2D eigenvalue weighted by Crippen LogP contribution is -2.47. The van der Waals surface area contributed by atoms with Crippen LogP contribution in [0, 0.1) is 18.3 Å². The third-order valence-electron chi connectivity index (χ3n) is 6.61. The maximum Gasteiger partial charge on any atom is 0.376 e. The number of hydrogen-bond acceptors (Lipinski definition) is 9. The molecule has 1 aliphatic heterocycles. The molecule has 10 heteroatoms. The third-order valence-corrected chi connectivity index (χ3v) is 6.61. The van der Waals surface area contributed by atoms with E-state index in [-0.39, 0.29) is 12.4 Å². The largest absolute Gasteiger partial charge is 0.460 e. The fourth-order valence-electron chi connectivity index (χ4n) is 4.62. The number of nitrogens with zero attached hydrogens (tertiary/aromatic N) is 6. The minimum Gasteiger partial charge on any atom is -0.460 e. The Morgan fingerprint density at radius 2 is 2.00 bits per heavy atom. The first kappa shape index (κ1) is 24.5. The quantitative estimate of drug-likeness (QED) is 0.361. The van der Waals surface area contributed by atoms with Crippen LogP contribution in [0.5, 0.6) is 0 Å². The van der Waals surface area contributed by atoms with E-state index in [9.17, 15) is 10.1 Å². The molecule has 1 N–H and O–H groups in total. The summed E-state index contributed by atoms with van der Waals surface area (Å²) in [6.45, 7) is 8.33. The van der Waals surface area contributed by atoms with E-state index in [2.05, 4.69) is 42.0 Å². The van der Waals surface area contributed by atoms with Gasteiger partial charge in [-0.15, -0.1) is 0 Å². The van der Waals surface area contributed by atoms with Gasteiger partial charge in [0, 0.05) is 55.7 Å². The van der Waals surface area contributed by atoms with E-state index in [0.29, 0.717) is 28.7 Å². The number of hydrogen-bond donors (Lipinski definition) is 1. The number of aromatic amines is 1. The number of anilines is 1. The van der Waals surface area contributed by atoms with Gasteiger partial charge in [-0.05, 0) is 57.0 Å². The second kappa shape index (κ2) is 10.8. The predicted molar refractivity (Wildman–Crippen MR) is 138 cm³/mol. The molecule has 0 spiro atoms. The highest BCUT2D eigenvalue weighted by Gasteiger charge is 2.22. The first-order valence-corrected chi connectivity index (χ1v) is 12.5. The number of ether oxygens (including phenoxy) is 1. The SMILES string of the molecule is CCOC(=O)c1oc(-c2cnc(N3CCN(CCCc4c[nH]c5ccc(C#N)cc45)CC3)nc2)nc1C. The van der Waals surface area contributed by atoms with Crippen LogP contribution in [0.2, 0.25) is 0 Å². The Morgan fingerprint density at radius 3 is 2.73 bits per heavy atom. The number of nitrogens with one attached hydrogen (secondary N) is 1. The molecule has 190 valence electrons. The van der Waals surface area contributed by atoms with E-state index in [1.54, 1.807) is 26.2 Å². The lowest BCUT2D eigenvalue weighted by atomic mass is 10.1. The molecule has 0 saturated carbocycles. The van der Waals surface area contributed by atoms with Crippen LogP contribution in [-0.2, 0) is 11.2 Å². The van der Waals surface area contributed by atoms with Crippen LogP contribution < -0.4 is 4.90 Å². The molecule has 1 aliphatic rings. The zero-order valence-electron chi connectivity index (χ0n) is 21.0. The van der Waals surface area contributed by atoms with E-state index in [1.165, 1.54) is 5.56 Å². The maximum absolute atomic E-state index is 12.0. The Kier molecular flexibility index (Phi) is 7.14. The zero-order valence-corrected chi connectivity index (χ0v) is 21.0. The molecule has 5 rings (SSSR count). The minimum atomic E-state index is -0.524. The lowest BCUT2D eigenvalue weighted by molar-refractivity contribution is 0.0490. The third kappa shape index (κ3) is 5.32. The van der Waals surface area contributed by atoms with Gasteiger partial charge in [-0.3, -0.25) is 4.90 Å². The molecule has 0 bridgehead atoms. The summed E-state index contributed by atoms with van der Waals surface area (Å²) in [4.78, 5) is 33.3. The molecule has 1 saturated heterocycles. The van der Waals surface area contributed by atoms with Gasteiger partial charge in [0.15, 0.2) is 0 Å². The number of oxazole rings is 1. The van der Waals surface area contributed by atoms with E-state index < -0.39 is 5.97 Å². The van der Waals surface area contributed by atoms with Crippen LogP contribution in [0.25, 0.3) is 22.4 Å². The molecule has 0 radical (unpaired) electrons. The minimum absolute atomic E-state index is 0.105. The molecule has 37 heavy (non-hydrogen) atoms. The second-order valence-electron chi connectivity index (χ2n) is 9.04. The number of esters is 1. The highest BCUT2D eigenvalue weighted by Crippen LogP contribution is 2.23. The van der Waals surface area contributed by atoms with Crippen LogP contribution in [0.1, 0.15) is 40.7 Å². The number of carbonyl (C=O) groups excluding carboxylic acids is 1. The summed E-state index contributed by atoms with van der Waals surface area (Å²) >= 11 is 0. The van der Waals surface area contributed by atoms with E-state index in [0.717, 1.165) is 56.5 Å². The summed E-state index contributed by atoms with van der Waals surface area (Å²) in [7, 11) is 0. The second-order valence-corrected chi connectivity index (χ2v) is 9.04. The van der Waals surface area contributed by atoms with Crippen molar-refractivity contribution in [1.29, 1.82) is 5.26 Å². The molecule has 1 aromatic carbocycles. The Balaban J connectivity index is 1.12. The Labute approximate surface area is 214 Å². The lowest BCUT2D eigenvalue weighted by Gasteiger charge is -2.34. The van der Waals surface area contributed by atoms with Crippen LogP contribution in [0.15, 0.2) is 41.2 Å². The summed E-state index contributed by atoms with van der Waals surface area (Å²) in [5.74, 6) is 0.553. The highest BCUT2D eigenvalue weighted by molar-refractivity contribution is 5.88. The average molecular weight is 500 g/mol. The summed E-state index contributed by atoms with van der Waals surface area (Å²) in [5.41, 5.74) is 4.11. The van der Waals surface area contributed by atoms with Gasteiger partial charge in [-0.1, -0.05) is 0 Å². The molecule has 4 heterocycles. The van der Waals surface area contributed by atoms with E-state index in [4.69, 9.17) is 9.15 Å². The van der Waals surface area contributed by atoms with Crippen molar-refractivity contribution >= 4 is 22.8 Å². The van der Waals surface area contributed by atoms with Crippen LogP contribution >= 0.6 is 0 Å². The number of rotatable bonds is 8. The van der Waals surface area contributed by atoms with Gasteiger partial charge in [0.25, 0.3) is 0 Å². The maximum atomic E-state index is 12.0. The van der Waals surface area contributed by atoms with Gasteiger partial charge in [0.1, 0.15) is 0 Å². The van der Waals surface area contributed by atoms with Gasteiger partial charge in [-0.2, -0.15) is 5.26 Å². The molecule has 4 aromatic rings. The first-order valence-electron chi connectivity index (χ1n) is 12.5. The van der Waals surface area contributed by atoms with Crippen molar-refractivity contribution in [3.05, 3.63) is 59.4 Å². The molecule has 0 unspecified atom stereocenters. The van der Waals surface area contributed by atoms with Gasteiger partial charge >= 0.3 is 5.97 Å². The number of H-pyrrole nitrogens is 1. The molecular formula is C27H29N7O3. The topological polar surface area (TPSA) is 124 Å². The van der Waals surface area contributed by atoms with Crippen molar-refractivity contribution in [2.45, 2.75) is 26.7 Å². The normalized spacial score (nSPS) is 14.1. The summed E-state index contributed by atoms with van der Waals surface area (Å²) in [6.07, 6.45) is 7.43. The van der Waals surface area contributed by atoms with Gasteiger partial charge in [0.2, 0.25) is 17.6 Å². The van der Waals surface area contributed by atoms with Crippen LogP contribution in [0.4, 0.5) is 5.95 Å². The molecule has 0 amide bonds. The Bertz CT molecular complexity index is 1430. The fraction of sp³-hybridized carbons (Fsp3) is 0.370. The van der Waals surface area contributed by atoms with Gasteiger partial charge in [0.05, 0.1) is 29.5 Å². The van der Waals surface area contributed by atoms with Crippen molar-refractivity contribution in [2.24, 2.45) is 0 Å². The summed E-state index contributed by atoms with van der Waals surface area (Å²) in [6, 6.07) is 8.00. The monoisotopic (exact) mass is 499 g/mol. The van der Waals surface area contributed by atoms with Crippen molar-refractivity contribution < 1.29 is 13.9 Å². The Morgan fingerprint density at radius 1 is 1.22 bits per heavy atom. The number of aromatic nitrogens is 4. The van der Waals surface area contributed by atoms with E-state index >= 15 is 0 Å². The summed E-state index contributed by atoms with van der Waals surface area (Å²) in [5, 5.41) is 10.3. The predicted octanol–water partition coefficient (Wildman–Crippen LogP) is 3.72. The highest BCUT2D eigenvalue weighted by atomic mass is 16.5. The van der Waals surface area contributed by atoms with Crippen molar-refractivity contribution in [1.82, 2.24) is 24.8 Å². The van der Waals surface area contributed by atoms with Crippen LogP contribution in [0.3, 0.4) is 0 Å². The number of nitriles is 1. The van der Waals surface area contributed by atoms with Crippen LogP contribution in [-0.4, -0.2) is 70.1 Å². The number of piperazine rings is 1. The molecular weight excluding hydrogens is 470 g/mol. The number of fused-ring (bicyclic) bond motifs is 1.